The normalized spacial score (nSPS) is 19.3. The lowest BCUT2D eigenvalue weighted by Crippen LogP contribution is -2.53. The average Bonchev–Trinajstić information content (AvgIpc) is 3.29. The topological polar surface area (TPSA) is 142 Å². The number of amides is 3. The number of anilines is 1. The number of aryl methyl sites for hydroxylation is 1. The van der Waals surface area contributed by atoms with Crippen molar-refractivity contribution in [2.75, 3.05) is 18.1 Å². The molecule has 1 aromatic carbocycles. The van der Waals surface area contributed by atoms with E-state index in [2.05, 4.69) is 10.6 Å². The first kappa shape index (κ1) is 29.1. The van der Waals surface area contributed by atoms with E-state index >= 15 is 0 Å². The van der Waals surface area contributed by atoms with Gasteiger partial charge in [-0.15, -0.1) is 0 Å². The van der Waals surface area contributed by atoms with Crippen molar-refractivity contribution >= 4 is 35.3 Å². The van der Waals surface area contributed by atoms with E-state index in [9.17, 15) is 29.1 Å². The second-order valence-electron chi connectivity index (χ2n) is 10.6. The zero-order chi connectivity index (χ0) is 27.9. The first-order valence-electron chi connectivity index (χ1n) is 13.4. The predicted molar refractivity (Wildman–Crippen MR) is 140 cm³/mol. The quantitative estimate of drug-likeness (QED) is 0.374. The Morgan fingerprint density at radius 1 is 1.16 bits per heavy atom. The number of aliphatic carboxylic acids is 1. The van der Waals surface area contributed by atoms with E-state index in [1.165, 1.54) is 4.90 Å². The van der Waals surface area contributed by atoms with Crippen LogP contribution in [0.3, 0.4) is 0 Å². The number of nitrogens with one attached hydrogen (secondary N) is 2. The van der Waals surface area contributed by atoms with Crippen LogP contribution in [0.5, 0.6) is 0 Å². The summed E-state index contributed by atoms with van der Waals surface area (Å²) in [6.45, 7) is 5.01. The third kappa shape index (κ3) is 7.11. The van der Waals surface area contributed by atoms with Gasteiger partial charge in [-0.25, -0.2) is 0 Å². The monoisotopic (exact) mass is 529 g/mol. The van der Waals surface area contributed by atoms with Crippen molar-refractivity contribution in [1.82, 2.24) is 10.6 Å². The highest BCUT2D eigenvalue weighted by Crippen LogP contribution is 2.44. The summed E-state index contributed by atoms with van der Waals surface area (Å²) in [6.07, 6.45) is 3.51. The standard InChI is InChI=1S/C28H39N3O7/c1-4-38-26(36)20(15-23(32)29-18(2)3)16-28(13-7-8-14-28)27(37)30-21-12-11-19-9-5-6-10-22(19)31(25(21)35)17-24(33)34/h5-6,9-10,18,20-21H,4,7-8,11-17H2,1-3H3,(H,29,32)(H,30,37)(H,33,34)/t20?,21-/m0/s1. The molecule has 1 heterocycles. The van der Waals surface area contributed by atoms with Crippen molar-refractivity contribution in [3.05, 3.63) is 29.8 Å². The molecule has 0 spiro atoms. The van der Waals surface area contributed by atoms with Crippen molar-refractivity contribution in [1.29, 1.82) is 0 Å². The number of carbonyl (C=O) groups excluding carboxylic acids is 4. The van der Waals surface area contributed by atoms with Crippen LogP contribution in [0.1, 0.15) is 71.3 Å². The molecule has 1 unspecified atom stereocenters. The van der Waals surface area contributed by atoms with E-state index in [4.69, 9.17) is 4.74 Å². The van der Waals surface area contributed by atoms with Crippen LogP contribution in [-0.4, -0.2) is 60.0 Å². The highest BCUT2D eigenvalue weighted by molar-refractivity contribution is 6.03. The number of esters is 1. The number of hydrogen-bond donors (Lipinski definition) is 3. The first-order chi connectivity index (χ1) is 18.1. The third-order valence-electron chi connectivity index (χ3n) is 7.33. The molecule has 1 aliphatic carbocycles. The average molecular weight is 530 g/mol. The molecular formula is C28H39N3O7. The summed E-state index contributed by atoms with van der Waals surface area (Å²) >= 11 is 0. The first-order valence-corrected chi connectivity index (χ1v) is 13.4. The van der Waals surface area contributed by atoms with Crippen LogP contribution >= 0.6 is 0 Å². The lowest BCUT2D eigenvalue weighted by molar-refractivity contribution is -0.152. The Hall–Kier alpha value is -3.43. The molecule has 0 bridgehead atoms. The van der Waals surface area contributed by atoms with Gasteiger partial charge in [0.1, 0.15) is 12.6 Å². The summed E-state index contributed by atoms with van der Waals surface area (Å²) in [7, 11) is 0. The van der Waals surface area contributed by atoms with Gasteiger partial charge in [0.2, 0.25) is 17.7 Å². The molecule has 1 aromatic rings. The number of nitrogens with zero attached hydrogens (tertiary/aromatic N) is 1. The Morgan fingerprint density at radius 2 is 1.84 bits per heavy atom. The van der Waals surface area contributed by atoms with Crippen molar-refractivity contribution < 1.29 is 33.8 Å². The molecule has 2 aliphatic rings. The van der Waals surface area contributed by atoms with Gasteiger partial charge >= 0.3 is 11.9 Å². The SMILES string of the molecule is CCOC(=O)C(CC(=O)NC(C)C)CC1(C(=O)N[C@H]2CCc3ccccc3N(CC(=O)O)C2=O)CCCC1. The molecule has 3 N–H and O–H groups in total. The molecule has 38 heavy (non-hydrogen) atoms. The van der Waals surface area contributed by atoms with E-state index in [0.717, 1.165) is 18.4 Å². The summed E-state index contributed by atoms with van der Waals surface area (Å²) in [5, 5.41) is 15.2. The molecule has 1 aliphatic heterocycles. The highest BCUT2D eigenvalue weighted by atomic mass is 16.5. The highest BCUT2D eigenvalue weighted by Gasteiger charge is 2.46. The molecule has 1 fully saturated rings. The molecule has 0 aromatic heterocycles. The number of rotatable bonds is 11. The molecule has 208 valence electrons. The number of carboxylic acid groups (broad SMARTS) is 1. The lowest BCUT2D eigenvalue weighted by atomic mass is 9.75. The van der Waals surface area contributed by atoms with Gasteiger partial charge in [-0.3, -0.25) is 28.9 Å². The Bertz CT molecular complexity index is 1050. The largest absolute Gasteiger partial charge is 0.480 e. The molecule has 10 heteroatoms. The van der Waals surface area contributed by atoms with Gasteiger partial charge in [0.25, 0.3) is 0 Å². The molecule has 0 saturated heterocycles. The second-order valence-corrected chi connectivity index (χ2v) is 10.6. The Morgan fingerprint density at radius 3 is 2.47 bits per heavy atom. The van der Waals surface area contributed by atoms with Crippen LogP contribution in [0.15, 0.2) is 24.3 Å². The molecule has 10 nitrogen and oxygen atoms in total. The zero-order valence-electron chi connectivity index (χ0n) is 22.5. The molecular weight excluding hydrogens is 490 g/mol. The smallest absolute Gasteiger partial charge is 0.323 e. The van der Waals surface area contributed by atoms with Crippen molar-refractivity contribution in [2.45, 2.75) is 84.2 Å². The van der Waals surface area contributed by atoms with Crippen LogP contribution < -0.4 is 15.5 Å². The van der Waals surface area contributed by atoms with E-state index in [-0.39, 0.29) is 37.3 Å². The third-order valence-corrected chi connectivity index (χ3v) is 7.33. The minimum atomic E-state index is -1.15. The maximum Gasteiger partial charge on any atom is 0.323 e. The van der Waals surface area contributed by atoms with Crippen molar-refractivity contribution in [2.24, 2.45) is 11.3 Å². The lowest BCUT2D eigenvalue weighted by Gasteiger charge is -2.33. The summed E-state index contributed by atoms with van der Waals surface area (Å²) in [6, 6.07) is 6.15. The van der Waals surface area contributed by atoms with Crippen LogP contribution in [0.4, 0.5) is 5.69 Å². The molecule has 0 radical (unpaired) electrons. The number of fused-ring (bicyclic) bond motifs is 1. The summed E-state index contributed by atoms with van der Waals surface area (Å²) in [5.74, 6) is -3.56. The number of carboxylic acids is 1. The van der Waals surface area contributed by atoms with Crippen LogP contribution in [0.25, 0.3) is 0 Å². The van der Waals surface area contributed by atoms with E-state index in [0.29, 0.717) is 31.4 Å². The van der Waals surface area contributed by atoms with Crippen molar-refractivity contribution in [3.63, 3.8) is 0 Å². The molecule has 3 amide bonds. The summed E-state index contributed by atoms with van der Waals surface area (Å²) < 4.78 is 5.25. The van der Waals surface area contributed by atoms with Gasteiger partial charge in [-0.05, 0) is 64.5 Å². The van der Waals surface area contributed by atoms with Gasteiger partial charge in [0.15, 0.2) is 0 Å². The minimum Gasteiger partial charge on any atom is -0.480 e. The number of carbonyl (C=O) groups is 5. The Balaban J connectivity index is 1.83. The van der Waals surface area contributed by atoms with Gasteiger partial charge in [-0.1, -0.05) is 31.0 Å². The van der Waals surface area contributed by atoms with Crippen LogP contribution in [0, 0.1) is 11.3 Å². The Kier molecular flexibility index (Phi) is 9.88. The molecule has 1 saturated carbocycles. The maximum absolute atomic E-state index is 13.8. The summed E-state index contributed by atoms with van der Waals surface area (Å²) in [5.41, 5.74) is 0.450. The van der Waals surface area contributed by atoms with Crippen LogP contribution in [0.2, 0.25) is 0 Å². The fourth-order valence-electron chi connectivity index (χ4n) is 5.61. The van der Waals surface area contributed by atoms with E-state index in [1.807, 2.05) is 26.0 Å². The Labute approximate surface area is 223 Å². The fourth-order valence-corrected chi connectivity index (χ4v) is 5.61. The van der Waals surface area contributed by atoms with Crippen LogP contribution in [-0.2, 0) is 35.1 Å². The second kappa shape index (κ2) is 12.9. The molecule has 3 rings (SSSR count). The maximum atomic E-state index is 13.8. The van der Waals surface area contributed by atoms with E-state index in [1.54, 1.807) is 19.1 Å². The van der Waals surface area contributed by atoms with Crippen molar-refractivity contribution in [3.8, 4) is 0 Å². The van der Waals surface area contributed by atoms with Gasteiger partial charge in [0.05, 0.1) is 17.9 Å². The number of hydrogen-bond acceptors (Lipinski definition) is 6. The summed E-state index contributed by atoms with van der Waals surface area (Å²) in [4.78, 5) is 65.4. The zero-order valence-corrected chi connectivity index (χ0v) is 22.5. The van der Waals surface area contributed by atoms with Gasteiger partial charge < -0.3 is 20.5 Å². The number of para-hydroxylation sites is 1. The number of ether oxygens (including phenoxy) is 1. The predicted octanol–water partition coefficient (Wildman–Crippen LogP) is 2.58. The minimum absolute atomic E-state index is 0.0872. The molecule has 2 atom stereocenters. The van der Waals surface area contributed by atoms with Gasteiger partial charge in [-0.2, -0.15) is 0 Å². The fraction of sp³-hybridized carbons (Fsp3) is 0.607. The van der Waals surface area contributed by atoms with Gasteiger partial charge in [0, 0.05) is 18.2 Å². The van der Waals surface area contributed by atoms with E-state index < -0.39 is 41.8 Å². The number of benzene rings is 1.